The number of nitrogens with zero attached hydrogens (tertiary/aromatic N) is 2. The average Bonchev–Trinajstić information content (AvgIpc) is 2.87. The first-order valence-electron chi connectivity index (χ1n) is 13.0. The molecule has 1 aromatic heterocycles. The SMILES string of the molecule is CC.Cc1cc(C(C)Nc2ccccc2C(=O)O)c2oc(C3=CN(C4=CN(C)CC=C4)C3)c(C)c(=O)c2c1. The summed E-state index contributed by atoms with van der Waals surface area (Å²) < 4.78 is 6.46. The lowest BCUT2D eigenvalue weighted by atomic mass is 9.97. The number of carboxylic acids is 1. The zero-order chi connectivity index (χ0) is 27.6. The van der Waals surface area contributed by atoms with Gasteiger partial charge < -0.3 is 24.6 Å². The van der Waals surface area contributed by atoms with Gasteiger partial charge in [-0.15, -0.1) is 0 Å². The van der Waals surface area contributed by atoms with E-state index in [0.29, 0.717) is 34.5 Å². The molecule has 2 N–H and O–H groups in total. The normalized spacial score (nSPS) is 15.2. The average molecular weight is 514 g/mol. The Kier molecular flexibility index (Phi) is 7.76. The van der Waals surface area contributed by atoms with Crippen LogP contribution in [0.5, 0.6) is 0 Å². The number of fused-ring (bicyclic) bond motifs is 1. The number of carboxylic acid groups (broad SMARTS) is 1. The lowest BCUT2D eigenvalue weighted by Gasteiger charge is -2.34. The van der Waals surface area contributed by atoms with Crippen LogP contribution >= 0.6 is 0 Å². The van der Waals surface area contributed by atoms with Crippen LogP contribution in [0.3, 0.4) is 0 Å². The molecule has 2 aromatic carbocycles. The number of likely N-dealkylation sites (N-methyl/N-ethyl adjacent to an activating group) is 1. The van der Waals surface area contributed by atoms with Crippen molar-refractivity contribution in [3.8, 4) is 0 Å². The number of nitrogens with one attached hydrogen (secondary N) is 1. The smallest absolute Gasteiger partial charge is 0.337 e. The molecule has 3 aromatic rings. The quantitative estimate of drug-likeness (QED) is 0.400. The molecule has 1 atom stereocenters. The summed E-state index contributed by atoms with van der Waals surface area (Å²) in [5.74, 6) is -0.403. The molecule has 2 aliphatic rings. The van der Waals surface area contributed by atoms with Gasteiger partial charge in [0.25, 0.3) is 0 Å². The van der Waals surface area contributed by atoms with E-state index in [1.807, 2.05) is 60.0 Å². The van der Waals surface area contributed by atoms with Gasteiger partial charge in [-0.3, -0.25) is 4.79 Å². The molecule has 3 heterocycles. The molecule has 1 unspecified atom stereocenters. The standard InChI is InChI=1S/C29H29N3O4.C2H6/c1-17-12-23(19(3)30-25-10-6-5-9-22(25)29(34)35)28-24(13-17)26(33)18(2)27(36-28)20-14-32(15-20)21-8-7-11-31(4)16-21;1-2/h5-10,12-14,16,19,30H,11,15H2,1-4H3,(H,34,35);1-2H3. The summed E-state index contributed by atoms with van der Waals surface area (Å²) in [5, 5.41) is 13.4. The van der Waals surface area contributed by atoms with Crippen molar-refractivity contribution < 1.29 is 14.3 Å². The molecule has 0 saturated heterocycles. The largest absolute Gasteiger partial charge is 0.478 e. The maximum Gasteiger partial charge on any atom is 0.337 e. The van der Waals surface area contributed by atoms with E-state index in [1.165, 1.54) is 0 Å². The van der Waals surface area contributed by atoms with Crippen molar-refractivity contribution in [2.45, 2.75) is 40.7 Å². The second-order valence-electron chi connectivity index (χ2n) is 9.51. The molecule has 7 nitrogen and oxygen atoms in total. The second kappa shape index (κ2) is 11.0. The third-order valence-corrected chi connectivity index (χ3v) is 6.70. The molecule has 0 amide bonds. The summed E-state index contributed by atoms with van der Waals surface area (Å²) in [6.07, 6.45) is 8.33. The van der Waals surface area contributed by atoms with Gasteiger partial charge >= 0.3 is 5.97 Å². The van der Waals surface area contributed by atoms with Gasteiger partial charge in [0.2, 0.25) is 0 Å². The van der Waals surface area contributed by atoms with Crippen molar-refractivity contribution in [2.75, 3.05) is 25.5 Å². The Morgan fingerprint density at radius 1 is 1.13 bits per heavy atom. The third kappa shape index (κ3) is 5.09. The third-order valence-electron chi connectivity index (χ3n) is 6.70. The van der Waals surface area contributed by atoms with Crippen LogP contribution in [0.4, 0.5) is 5.69 Å². The number of benzene rings is 2. The fourth-order valence-corrected chi connectivity index (χ4v) is 4.78. The predicted octanol–water partition coefficient (Wildman–Crippen LogP) is 6.31. The molecule has 0 fully saturated rings. The molecular weight excluding hydrogens is 478 g/mol. The van der Waals surface area contributed by atoms with Gasteiger partial charge in [-0.05, 0) is 50.6 Å². The number of hydrogen-bond acceptors (Lipinski definition) is 6. The molecule has 0 bridgehead atoms. The zero-order valence-corrected chi connectivity index (χ0v) is 22.8. The van der Waals surface area contributed by atoms with Crippen LogP contribution in [-0.4, -0.2) is 41.0 Å². The van der Waals surface area contributed by atoms with Crippen LogP contribution in [0.2, 0.25) is 0 Å². The maximum absolute atomic E-state index is 13.4. The Morgan fingerprint density at radius 2 is 1.84 bits per heavy atom. The minimum absolute atomic E-state index is 0.0507. The van der Waals surface area contributed by atoms with Crippen molar-refractivity contribution in [2.24, 2.45) is 0 Å². The summed E-state index contributed by atoms with van der Waals surface area (Å²) in [5.41, 5.74) is 5.57. The minimum Gasteiger partial charge on any atom is -0.478 e. The monoisotopic (exact) mass is 513 g/mol. The summed E-state index contributed by atoms with van der Waals surface area (Å²) >= 11 is 0. The van der Waals surface area contributed by atoms with Gasteiger partial charge in [-0.25, -0.2) is 4.79 Å². The van der Waals surface area contributed by atoms with Gasteiger partial charge in [-0.1, -0.05) is 38.1 Å². The molecule has 0 saturated carbocycles. The van der Waals surface area contributed by atoms with Crippen LogP contribution < -0.4 is 10.7 Å². The van der Waals surface area contributed by atoms with Gasteiger partial charge in [0.1, 0.15) is 11.3 Å². The van der Waals surface area contributed by atoms with Gasteiger partial charge in [-0.2, -0.15) is 0 Å². The van der Waals surface area contributed by atoms with Crippen molar-refractivity contribution >= 4 is 28.2 Å². The summed E-state index contributed by atoms with van der Waals surface area (Å²) in [6.45, 7) is 11.2. The second-order valence-corrected chi connectivity index (χ2v) is 9.51. The lowest BCUT2D eigenvalue weighted by molar-refractivity contribution is 0.0698. The highest BCUT2D eigenvalue weighted by molar-refractivity contribution is 5.94. The summed E-state index contributed by atoms with van der Waals surface area (Å²) in [7, 11) is 2.04. The first-order chi connectivity index (χ1) is 18.2. The van der Waals surface area contributed by atoms with E-state index in [9.17, 15) is 14.7 Å². The van der Waals surface area contributed by atoms with Gasteiger partial charge in [0.05, 0.1) is 29.2 Å². The first-order valence-corrected chi connectivity index (χ1v) is 13.0. The number of rotatable bonds is 6. The Bertz CT molecular complexity index is 1530. The number of para-hydroxylation sites is 1. The lowest BCUT2D eigenvalue weighted by Crippen LogP contribution is -2.31. The molecule has 0 aliphatic carbocycles. The van der Waals surface area contributed by atoms with Crippen molar-refractivity contribution in [1.82, 2.24) is 9.80 Å². The zero-order valence-electron chi connectivity index (χ0n) is 22.8. The highest BCUT2D eigenvalue weighted by Gasteiger charge is 2.26. The Hall–Kier alpha value is -4.26. The molecule has 5 rings (SSSR count). The van der Waals surface area contributed by atoms with E-state index in [-0.39, 0.29) is 17.0 Å². The minimum atomic E-state index is -1.00. The molecule has 198 valence electrons. The van der Waals surface area contributed by atoms with Crippen LogP contribution in [0, 0.1) is 13.8 Å². The number of aryl methyl sites for hydroxylation is 1. The van der Waals surface area contributed by atoms with Crippen LogP contribution in [-0.2, 0) is 0 Å². The fourth-order valence-electron chi connectivity index (χ4n) is 4.78. The Labute approximate surface area is 223 Å². The molecule has 2 aliphatic heterocycles. The topological polar surface area (TPSA) is 86.0 Å². The molecule has 7 heteroatoms. The molecule has 0 radical (unpaired) electrons. The fraction of sp³-hybridized carbons (Fsp3) is 0.290. The predicted molar refractivity (Wildman–Crippen MR) is 153 cm³/mol. The van der Waals surface area contributed by atoms with E-state index >= 15 is 0 Å². The van der Waals surface area contributed by atoms with E-state index in [1.54, 1.807) is 24.3 Å². The number of anilines is 1. The summed E-state index contributed by atoms with van der Waals surface area (Å²) in [4.78, 5) is 29.4. The van der Waals surface area contributed by atoms with Crippen molar-refractivity contribution in [3.05, 3.63) is 105 Å². The van der Waals surface area contributed by atoms with E-state index in [0.717, 1.165) is 28.9 Å². The Morgan fingerprint density at radius 3 is 2.53 bits per heavy atom. The molecule has 38 heavy (non-hydrogen) atoms. The van der Waals surface area contributed by atoms with Crippen molar-refractivity contribution in [1.29, 1.82) is 0 Å². The van der Waals surface area contributed by atoms with E-state index < -0.39 is 5.97 Å². The van der Waals surface area contributed by atoms with Crippen LogP contribution in [0.25, 0.3) is 16.5 Å². The van der Waals surface area contributed by atoms with Crippen molar-refractivity contribution in [3.63, 3.8) is 0 Å². The number of aromatic carboxylic acids is 1. The Balaban J connectivity index is 0.00000164. The number of carbonyl (C=O) groups is 1. The summed E-state index contributed by atoms with van der Waals surface area (Å²) in [6, 6.07) is 10.3. The highest BCUT2D eigenvalue weighted by atomic mass is 16.4. The maximum atomic E-state index is 13.4. The molecule has 0 spiro atoms. The first kappa shape index (κ1) is 26.8. The number of allylic oxidation sites excluding steroid dienone is 1. The van der Waals surface area contributed by atoms with Crippen LogP contribution in [0.1, 0.15) is 59.6 Å². The van der Waals surface area contributed by atoms with Crippen LogP contribution in [0.15, 0.2) is 75.9 Å². The van der Waals surface area contributed by atoms with E-state index in [2.05, 4.69) is 33.5 Å². The number of hydrogen-bond donors (Lipinski definition) is 2. The van der Waals surface area contributed by atoms with E-state index in [4.69, 9.17) is 4.42 Å². The molecular formula is C31H35N3O4. The van der Waals surface area contributed by atoms with Gasteiger partial charge in [0, 0.05) is 48.4 Å². The van der Waals surface area contributed by atoms with Gasteiger partial charge in [0.15, 0.2) is 5.43 Å². The highest BCUT2D eigenvalue weighted by Crippen LogP contribution is 2.35.